The zero-order chi connectivity index (χ0) is 60.5. The Balaban J connectivity index is 0.000000113. The Hall–Kier alpha value is -12.2. The second-order valence-corrected chi connectivity index (χ2v) is 21.8. The van der Waals surface area contributed by atoms with Gasteiger partial charge in [-0.05, 0) is 104 Å². The van der Waals surface area contributed by atoms with Gasteiger partial charge in [-0.1, -0.05) is 206 Å². The highest BCUT2D eigenvalue weighted by Crippen LogP contribution is 2.36. The van der Waals surface area contributed by atoms with Crippen LogP contribution in [0.3, 0.4) is 0 Å². The lowest BCUT2D eigenvalue weighted by Crippen LogP contribution is -1.99. The number of nitrogens with zero attached hydrogens (tertiary/aromatic N) is 9. The van der Waals surface area contributed by atoms with E-state index >= 15 is 0 Å². The molecule has 0 fully saturated rings. The number of benzene rings is 11. The summed E-state index contributed by atoms with van der Waals surface area (Å²) in [4.78, 5) is 41.7. The van der Waals surface area contributed by atoms with Gasteiger partial charge in [-0.25, -0.2) is 44.9 Å². The van der Waals surface area contributed by atoms with Gasteiger partial charge < -0.3 is 13.3 Å². The van der Waals surface area contributed by atoms with E-state index in [-0.39, 0.29) is 0 Å². The molecule has 0 amide bonds. The molecule has 428 valence electrons. The number of furan rings is 3. The average Bonchev–Trinajstić information content (AvgIpc) is 1.88. The van der Waals surface area contributed by atoms with Crippen molar-refractivity contribution in [1.29, 1.82) is 0 Å². The monoisotopic (exact) mass is 1160 g/mol. The quantitative estimate of drug-likeness (QED) is 0.142. The lowest BCUT2D eigenvalue weighted by Gasteiger charge is -2.08. The molecule has 17 rings (SSSR count). The minimum Gasteiger partial charge on any atom is -0.456 e. The maximum Gasteiger partial charge on any atom is 0.163 e. The fourth-order valence-corrected chi connectivity index (χ4v) is 11.3. The van der Waals surface area contributed by atoms with E-state index in [9.17, 15) is 0 Å². The summed E-state index contributed by atoms with van der Waals surface area (Å²) in [7, 11) is 0. The first-order valence-electron chi connectivity index (χ1n) is 29.6. The fraction of sp³-hybridized carbons (Fsp3) is 0.0385. The summed E-state index contributed by atoms with van der Waals surface area (Å²) in [6, 6.07) is 89.7. The van der Waals surface area contributed by atoms with Crippen molar-refractivity contribution < 1.29 is 13.3 Å². The van der Waals surface area contributed by atoms with Gasteiger partial charge in [0, 0.05) is 65.7 Å². The summed E-state index contributed by atoms with van der Waals surface area (Å²) >= 11 is 0. The van der Waals surface area contributed by atoms with Gasteiger partial charge in [0.15, 0.2) is 34.9 Å². The molecule has 11 aromatic carbocycles. The predicted molar refractivity (Wildman–Crippen MR) is 359 cm³/mol. The molecule has 0 aliphatic rings. The normalized spacial score (nSPS) is 11.3. The van der Waals surface area contributed by atoms with Crippen LogP contribution in [0.5, 0.6) is 0 Å². The van der Waals surface area contributed by atoms with Crippen molar-refractivity contribution in [1.82, 2.24) is 44.9 Å². The van der Waals surface area contributed by atoms with E-state index in [0.717, 1.165) is 116 Å². The number of hydrogen-bond donors (Lipinski definition) is 0. The molecule has 0 N–H and O–H groups in total. The van der Waals surface area contributed by atoms with Crippen LogP contribution >= 0.6 is 0 Å². The molecule has 0 bridgehead atoms. The van der Waals surface area contributed by atoms with Gasteiger partial charge in [-0.15, -0.1) is 0 Å². The lowest BCUT2D eigenvalue weighted by molar-refractivity contribution is 0.668. The van der Waals surface area contributed by atoms with Crippen LogP contribution in [0.25, 0.3) is 156 Å². The lowest BCUT2D eigenvalue weighted by atomic mass is 10.0. The van der Waals surface area contributed by atoms with Crippen molar-refractivity contribution in [2.75, 3.05) is 0 Å². The molecule has 0 aliphatic carbocycles. The highest BCUT2D eigenvalue weighted by molar-refractivity contribution is 6.07. The summed E-state index contributed by atoms with van der Waals surface area (Å²) in [6.07, 6.45) is 0. The molecule has 0 radical (unpaired) electrons. The van der Waals surface area contributed by atoms with Crippen LogP contribution in [0, 0.1) is 20.8 Å². The third kappa shape index (κ3) is 11.1. The second kappa shape index (κ2) is 23.6. The molecule has 0 saturated heterocycles. The molecule has 0 aliphatic heterocycles. The van der Waals surface area contributed by atoms with E-state index in [4.69, 9.17) is 23.2 Å². The Labute approximate surface area is 517 Å². The smallest absolute Gasteiger partial charge is 0.163 e. The SMILES string of the molecule is Cc1nc(-c2ccc(-c3ccccc3)cc2)nc(-c2ccc3c(c2)oc2ccccc23)n1.Cc1nc(-c2cccc(-c3ccccc3)c2)nc(-c2ccc3c(c2)oc2ccccc23)n1.Cc1nc(-c2ccccc2)nc(-c2ccc3c(c2)oc2ccccc23)n1. The molecule has 0 unspecified atom stereocenters. The number of aryl methyl sites for hydroxylation is 3. The van der Waals surface area contributed by atoms with E-state index in [1.54, 1.807) is 0 Å². The Morgan fingerprint density at radius 1 is 0.178 bits per heavy atom. The number of para-hydroxylation sites is 3. The molecule has 17 aromatic rings. The highest BCUT2D eigenvalue weighted by atomic mass is 16.3. The Morgan fingerprint density at radius 3 is 0.811 bits per heavy atom. The fourth-order valence-electron chi connectivity index (χ4n) is 11.3. The summed E-state index contributed by atoms with van der Waals surface area (Å²) in [5.74, 6) is 5.99. The molecular weight excluding hydrogens is 1110 g/mol. The Morgan fingerprint density at radius 2 is 0.422 bits per heavy atom. The molecule has 0 saturated carbocycles. The maximum atomic E-state index is 6.05. The minimum absolute atomic E-state index is 0.639. The molecule has 0 spiro atoms. The van der Waals surface area contributed by atoms with Crippen LogP contribution in [0.1, 0.15) is 17.5 Å². The van der Waals surface area contributed by atoms with Gasteiger partial charge in [0.25, 0.3) is 0 Å². The zero-order valence-corrected chi connectivity index (χ0v) is 49.2. The molecule has 6 aromatic heterocycles. The molecular formula is C78H53N9O3. The van der Waals surface area contributed by atoms with Gasteiger partial charge in [-0.3, -0.25) is 0 Å². The molecule has 12 heteroatoms. The third-order valence-electron chi connectivity index (χ3n) is 15.7. The van der Waals surface area contributed by atoms with Crippen molar-refractivity contribution in [3.8, 4) is 90.6 Å². The van der Waals surface area contributed by atoms with Crippen LogP contribution in [0.15, 0.2) is 280 Å². The van der Waals surface area contributed by atoms with E-state index < -0.39 is 0 Å². The summed E-state index contributed by atoms with van der Waals surface area (Å²) in [5.41, 5.74) is 15.4. The van der Waals surface area contributed by atoms with Crippen molar-refractivity contribution in [2.24, 2.45) is 0 Å². The zero-order valence-electron chi connectivity index (χ0n) is 49.2. The average molecular weight is 1160 g/mol. The molecule has 12 nitrogen and oxygen atoms in total. The number of aromatic nitrogens is 9. The van der Waals surface area contributed by atoms with Crippen LogP contribution in [0.2, 0.25) is 0 Å². The van der Waals surface area contributed by atoms with Crippen molar-refractivity contribution in [2.45, 2.75) is 20.8 Å². The van der Waals surface area contributed by atoms with Crippen LogP contribution in [-0.2, 0) is 0 Å². The standard InChI is InChI=1S/2C28H19N3O.C22H15N3O/c1-18-29-27(21-11-7-10-20(16-21)19-8-3-2-4-9-19)31-28(30-18)22-14-15-24-23-12-5-6-13-25(23)32-26(24)17-22;1-18-29-27(21-13-11-20(12-14-21)19-7-3-2-4-8-19)31-28(30-18)22-15-16-24-23-9-5-6-10-25(23)32-26(24)17-22;1-14-23-21(15-7-3-2-4-8-15)25-22(24-14)16-11-12-18-17-9-5-6-10-19(17)26-20(18)13-16/h2*2-17H,1H3;2-13H,1H3. The van der Waals surface area contributed by atoms with Crippen LogP contribution in [-0.4, -0.2) is 44.9 Å². The van der Waals surface area contributed by atoms with Crippen LogP contribution in [0.4, 0.5) is 0 Å². The van der Waals surface area contributed by atoms with Crippen molar-refractivity contribution in [3.05, 3.63) is 284 Å². The first-order valence-corrected chi connectivity index (χ1v) is 29.6. The van der Waals surface area contributed by atoms with Crippen molar-refractivity contribution in [3.63, 3.8) is 0 Å². The van der Waals surface area contributed by atoms with E-state index in [2.05, 4.69) is 132 Å². The highest BCUT2D eigenvalue weighted by Gasteiger charge is 2.17. The molecule has 0 atom stereocenters. The second-order valence-electron chi connectivity index (χ2n) is 21.8. The van der Waals surface area contributed by atoms with Gasteiger partial charge in [0.2, 0.25) is 0 Å². The van der Waals surface area contributed by atoms with Crippen molar-refractivity contribution >= 4 is 65.8 Å². The number of hydrogen-bond acceptors (Lipinski definition) is 12. The molecule has 90 heavy (non-hydrogen) atoms. The first kappa shape index (κ1) is 54.5. The van der Waals surface area contributed by atoms with Gasteiger partial charge in [0.05, 0.1) is 0 Å². The Kier molecular flexibility index (Phi) is 14.3. The van der Waals surface area contributed by atoms with E-state index in [0.29, 0.717) is 52.4 Å². The topological polar surface area (TPSA) is 155 Å². The summed E-state index contributed by atoms with van der Waals surface area (Å²) in [5, 5.41) is 6.61. The number of rotatable bonds is 8. The van der Waals surface area contributed by atoms with E-state index in [1.807, 2.05) is 191 Å². The summed E-state index contributed by atoms with van der Waals surface area (Å²) in [6.45, 7) is 5.68. The number of fused-ring (bicyclic) bond motifs is 9. The predicted octanol–water partition coefficient (Wildman–Crippen LogP) is 19.6. The maximum absolute atomic E-state index is 6.05. The van der Waals surface area contributed by atoms with Gasteiger partial charge in [0.1, 0.15) is 51.0 Å². The van der Waals surface area contributed by atoms with E-state index in [1.165, 1.54) is 5.56 Å². The third-order valence-corrected chi connectivity index (χ3v) is 15.7. The molecule has 6 heterocycles. The minimum atomic E-state index is 0.639. The largest absolute Gasteiger partial charge is 0.456 e. The summed E-state index contributed by atoms with van der Waals surface area (Å²) < 4.78 is 18.1. The van der Waals surface area contributed by atoms with Gasteiger partial charge >= 0.3 is 0 Å². The van der Waals surface area contributed by atoms with Gasteiger partial charge in [-0.2, -0.15) is 0 Å². The Bertz CT molecular complexity index is 5470. The van der Waals surface area contributed by atoms with Crippen LogP contribution < -0.4 is 0 Å². The first-order chi connectivity index (χ1) is 44.3.